The van der Waals surface area contributed by atoms with Gasteiger partial charge in [-0.3, -0.25) is 10.1 Å². The minimum absolute atomic E-state index is 0.0583. The normalized spacial score (nSPS) is 10.6. The van der Waals surface area contributed by atoms with Crippen LogP contribution in [0.3, 0.4) is 0 Å². The standard InChI is InChI=1S/C18H18N2O3S/c1-11-4-6-14(8-12(11)2)22-9-17(21)20-18-19-15(10-24-18)16-7-5-13(3)23-16/h4-8,10H,9H2,1-3H3,(H,19,20,21). The lowest BCUT2D eigenvalue weighted by Crippen LogP contribution is -2.20. The first-order valence-corrected chi connectivity index (χ1v) is 8.41. The molecule has 0 bridgehead atoms. The van der Waals surface area contributed by atoms with Gasteiger partial charge in [-0.15, -0.1) is 11.3 Å². The van der Waals surface area contributed by atoms with Crippen LogP contribution in [0.5, 0.6) is 5.75 Å². The highest BCUT2D eigenvalue weighted by atomic mass is 32.1. The molecule has 2 aromatic heterocycles. The maximum atomic E-state index is 12.0. The van der Waals surface area contributed by atoms with E-state index in [1.54, 1.807) is 0 Å². The average molecular weight is 342 g/mol. The summed E-state index contributed by atoms with van der Waals surface area (Å²) in [4.78, 5) is 16.3. The van der Waals surface area contributed by atoms with Crippen molar-refractivity contribution in [1.29, 1.82) is 0 Å². The van der Waals surface area contributed by atoms with Crippen LogP contribution in [0.25, 0.3) is 11.5 Å². The van der Waals surface area contributed by atoms with Crippen LogP contribution in [0.15, 0.2) is 40.1 Å². The maximum absolute atomic E-state index is 12.0. The zero-order valence-electron chi connectivity index (χ0n) is 13.8. The third-order valence-corrected chi connectivity index (χ3v) is 4.35. The molecule has 0 saturated heterocycles. The highest BCUT2D eigenvalue weighted by molar-refractivity contribution is 7.14. The maximum Gasteiger partial charge on any atom is 0.264 e. The highest BCUT2D eigenvalue weighted by Crippen LogP contribution is 2.26. The van der Waals surface area contributed by atoms with Gasteiger partial charge in [0.05, 0.1) is 0 Å². The molecule has 0 atom stereocenters. The number of aromatic nitrogens is 1. The lowest BCUT2D eigenvalue weighted by Gasteiger charge is -2.07. The van der Waals surface area contributed by atoms with E-state index >= 15 is 0 Å². The topological polar surface area (TPSA) is 64.4 Å². The van der Waals surface area contributed by atoms with Gasteiger partial charge >= 0.3 is 0 Å². The lowest BCUT2D eigenvalue weighted by atomic mass is 10.1. The van der Waals surface area contributed by atoms with Crippen molar-refractivity contribution < 1.29 is 13.9 Å². The summed E-state index contributed by atoms with van der Waals surface area (Å²) < 4.78 is 11.0. The fraction of sp³-hybridized carbons (Fsp3) is 0.222. The molecule has 1 aromatic carbocycles. The van der Waals surface area contributed by atoms with Gasteiger partial charge in [0, 0.05) is 5.38 Å². The van der Waals surface area contributed by atoms with E-state index in [1.165, 1.54) is 16.9 Å². The summed E-state index contributed by atoms with van der Waals surface area (Å²) in [7, 11) is 0. The third-order valence-electron chi connectivity index (χ3n) is 3.59. The summed E-state index contributed by atoms with van der Waals surface area (Å²) in [6.07, 6.45) is 0. The van der Waals surface area contributed by atoms with E-state index in [9.17, 15) is 4.79 Å². The number of benzene rings is 1. The van der Waals surface area contributed by atoms with Crippen molar-refractivity contribution in [3.05, 3.63) is 52.6 Å². The first-order valence-electron chi connectivity index (χ1n) is 7.53. The molecule has 1 N–H and O–H groups in total. The molecule has 0 radical (unpaired) electrons. The molecule has 24 heavy (non-hydrogen) atoms. The smallest absolute Gasteiger partial charge is 0.264 e. The largest absolute Gasteiger partial charge is 0.484 e. The zero-order chi connectivity index (χ0) is 17.1. The fourth-order valence-corrected chi connectivity index (χ4v) is 2.84. The average Bonchev–Trinajstić information content (AvgIpc) is 3.17. The summed E-state index contributed by atoms with van der Waals surface area (Å²) in [5.74, 6) is 1.95. The van der Waals surface area contributed by atoms with E-state index in [-0.39, 0.29) is 12.5 Å². The molecule has 6 heteroatoms. The number of nitrogens with zero attached hydrogens (tertiary/aromatic N) is 1. The summed E-state index contributed by atoms with van der Waals surface area (Å²) in [6, 6.07) is 9.49. The Morgan fingerprint density at radius 3 is 2.75 bits per heavy atom. The number of amides is 1. The van der Waals surface area contributed by atoms with Crippen molar-refractivity contribution in [3.8, 4) is 17.2 Å². The molecule has 2 heterocycles. The minimum atomic E-state index is -0.246. The summed E-state index contributed by atoms with van der Waals surface area (Å²) >= 11 is 1.35. The van der Waals surface area contributed by atoms with E-state index in [0.29, 0.717) is 22.3 Å². The van der Waals surface area contributed by atoms with Crippen molar-refractivity contribution in [2.75, 3.05) is 11.9 Å². The molecular weight excluding hydrogens is 324 g/mol. The van der Waals surface area contributed by atoms with Gasteiger partial charge in [-0.1, -0.05) is 6.07 Å². The Kier molecular flexibility index (Phi) is 4.66. The van der Waals surface area contributed by atoms with E-state index in [0.717, 1.165) is 11.3 Å². The van der Waals surface area contributed by atoms with Crippen LogP contribution in [0, 0.1) is 20.8 Å². The second-order valence-corrected chi connectivity index (χ2v) is 6.39. The first-order chi connectivity index (χ1) is 11.5. The van der Waals surface area contributed by atoms with Crippen LogP contribution < -0.4 is 10.1 Å². The Bertz CT molecular complexity index is 867. The van der Waals surface area contributed by atoms with Gasteiger partial charge in [-0.25, -0.2) is 4.98 Å². The van der Waals surface area contributed by atoms with Gasteiger partial charge in [-0.2, -0.15) is 0 Å². The molecule has 0 saturated carbocycles. The molecule has 124 valence electrons. The first kappa shape index (κ1) is 16.3. The van der Waals surface area contributed by atoms with Crippen molar-refractivity contribution in [2.24, 2.45) is 0 Å². The van der Waals surface area contributed by atoms with Crippen LogP contribution in [-0.2, 0) is 4.79 Å². The number of aryl methyl sites for hydroxylation is 3. The number of carbonyl (C=O) groups excluding carboxylic acids is 1. The number of nitrogens with one attached hydrogen (secondary N) is 1. The quantitative estimate of drug-likeness (QED) is 0.749. The SMILES string of the molecule is Cc1ccc(-c2csc(NC(=O)COc3ccc(C)c(C)c3)n2)o1. The van der Waals surface area contributed by atoms with E-state index in [4.69, 9.17) is 9.15 Å². The van der Waals surface area contributed by atoms with Crippen LogP contribution in [0.4, 0.5) is 5.13 Å². The van der Waals surface area contributed by atoms with Gasteiger partial charge in [0.25, 0.3) is 5.91 Å². The fourth-order valence-electron chi connectivity index (χ4n) is 2.12. The number of furan rings is 1. The van der Waals surface area contributed by atoms with Gasteiger partial charge in [0.15, 0.2) is 17.5 Å². The Morgan fingerprint density at radius 2 is 2.04 bits per heavy atom. The van der Waals surface area contributed by atoms with Crippen molar-refractivity contribution in [2.45, 2.75) is 20.8 Å². The Morgan fingerprint density at radius 1 is 1.21 bits per heavy atom. The molecule has 1 amide bonds. The van der Waals surface area contributed by atoms with E-state index in [1.807, 2.05) is 56.5 Å². The van der Waals surface area contributed by atoms with E-state index < -0.39 is 0 Å². The molecule has 0 fully saturated rings. The predicted octanol–water partition coefficient (Wildman–Crippen LogP) is 4.35. The second kappa shape index (κ2) is 6.88. The molecule has 0 aliphatic rings. The van der Waals surface area contributed by atoms with Crippen LogP contribution >= 0.6 is 11.3 Å². The number of rotatable bonds is 5. The minimum Gasteiger partial charge on any atom is -0.484 e. The Balaban J connectivity index is 1.57. The molecule has 0 unspecified atom stereocenters. The summed E-state index contributed by atoms with van der Waals surface area (Å²) in [5.41, 5.74) is 3.03. The number of anilines is 1. The molecule has 5 nitrogen and oxygen atoms in total. The monoisotopic (exact) mass is 342 g/mol. The molecular formula is C18H18N2O3S. The Labute approximate surface area is 144 Å². The number of thiazole rings is 1. The molecule has 3 rings (SSSR count). The van der Waals surface area contributed by atoms with Crippen LogP contribution in [0.1, 0.15) is 16.9 Å². The molecule has 0 spiro atoms. The van der Waals surface area contributed by atoms with Crippen LogP contribution in [0.2, 0.25) is 0 Å². The second-order valence-electron chi connectivity index (χ2n) is 5.53. The number of hydrogen-bond donors (Lipinski definition) is 1. The van der Waals surface area contributed by atoms with Gasteiger partial charge < -0.3 is 9.15 Å². The van der Waals surface area contributed by atoms with Gasteiger partial charge in [0.2, 0.25) is 0 Å². The summed E-state index contributed by atoms with van der Waals surface area (Å²) in [6.45, 7) is 5.86. The number of hydrogen-bond acceptors (Lipinski definition) is 5. The summed E-state index contributed by atoms with van der Waals surface area (Å²) in [5, 5.41) is 5.10. The number of carbonyl (C=O) groups is 1. The Hall–Kier alpha value is -2.60. The molecule has 3 aromatic rings. The van der Waals surface area contributed by atoms with Crippen molar-refractivity contribution >= 4 is 22.4 Å². The lowest BCUT2D eigenvalue weighted by molar-refractivity contribution is -0.118. The highest BCUT2D eigenvalue weighted by Gasteiger charge is 2.11. The van der Waals surface area contributed by atoms with Gasteiger partial charge in [0.1, 0.15) is 17.2 Å². The molecule has 0 aliphatic carbocycles. The third kappa shape index (κ3) is 3.83. The van der Waals surface area contributed by atoms with Crippen LogP contribution in [-0.4, -0.2) is 17.5 Å². The zero-order valence-corrected chi connectivity index (χ0v) is 14.6. The van der Waals surface area contributed by atoms with Crippen molar-refractivity contribution in [3.63, 3.8) is 0 Å². The van der Waals surface area contributed by atoms with Gasteiger partial charge in [-0.05, 0) is 56.2 Å². The molecule has 0 aliphatic heterocycles. The van der Waals surface area contributed by atoms with Crippen molar-refractivity contribution in [1.82, 2.24) is 4.98 Å². The predicted molar refractivity (Wildman–Crippen MR) is 94.6 cm³/mol. The number of ether oxygens (including phenoxy) is 1. The van der Waals surface area contributed by atoms with E-state index in [2.05, 4.69) is 10.3 Å².